The van der Waals surface area contributed by atoms with Crippen LogP contribution >= 0.6 is 23.1 Å². The molecule has 3 heterocycles. The lowest BCUT2D eigenvalue weighted by Gasteiger charge is -2.30. The second kappa shape index (κ2) is 7.41. The van der Waals surface area contributed by atoms with Gasteiger partial charge in [-0.1, -0.05) is 11.8 Å². The Morgan fingerprint density at radius 3 is 3.13 bits per heavy atom. The third-order valence-electron chi connectivity index (χ3n) is 3.36. The van der Waals surface area contributed by atoms with Gasteiger partial charge in [0.2, 0.25) is 11.8 Å². The zero-order chi connectivity index (χ0) is 16.2. The molecule has 1 aliphatic rings. The van der Waals surface area contributed by atoms with E-state index in [4.69, 9.17) is 9.15 Å². The first kappa shape index (κ1) is 16.4. The first-order chi connectivity index (χ1) is 11.1. The Morgan fingerprint density at radius 2 is 2.39 bits per heavy atom. The molecule has 124 valence electrons. The average molecular weight is 354 g/mol. The molecule has 2 aromatic heterocycles. The Kier molecular flexibility index (Phi) is 5.29. The van der Waals surface area contributed by atoms with Crippen LogP contribution in [-0.2, 0) is 16.0 Å². The normalized spacial score (nSPS) is 18.3. The highest BCUT2D eigenvalue weighted by molar-refractivity contribution is 7.99. The van der Waals surface area contributed by atoms with Gasteiger partial charge in [-0.3, -0.25) is 4.79 Å². The molecule has 1 atom stereocenters. The lowest BCUT2D eigenvalue weighted by atomic mass is 10.3. The van der Waals surface area contributed by atoms with E-state index in [-0.39, 0.29) is 12.0 Å². The van der Waals surface area contributed by atoms with E-state index in [0.29, 0.717) is 43.0 Å². The molecule has 0 spiro atoms. The van der Waals surface area contributed by atoms with Crippen LogP contribution in [0.4, 0.5) is 0 Å². The van der Waals surface area contributed by atoms with Gasteiger partial charge in [0.15, 0.2) is 0 Å². The summed E-state index contributed by atoms with van der Waals surface area (Å²) in [6.45, 7) is 5.80. The maximum Gasteiger partial charge on any atom is 0.277 e. The quantitative estimate of drug-likeness (QED) is 0.757. The minimum atomic E-state index is 0.0695. The fraction of sp³-hybridized carbons (Fsp3) is 0.571. The number of rotatable bonds is 5. The Labute approximate surface area is 142 Å². The number of carbonyl (C=O) groups excluding carboxylic acids is 1. The molecule has 2 aromatic rings. The lowest BCUT2D eigenvalue weighted by molar-refractivity contribution is -0.135. The zero-order valence-corrected chi connectivity index (χ0v) is 14.7. The number of hydrogen-bond acceptors (Lipinski definition) is 8. The molecule has 1 unspecified atom stereocenters. The van der Waals surface area contributed by atoms with E-state index in [1.54, 1.807) is 11.3 Å². The number of ether oxygens (including phenoxy) is 1. The summed E-state index contributed by atoms with van der Waals surface area (Å²) in [5.41, 5.74) is 0.922. The van der Waals surface area contributed by atoms with Gasteiger partial charge in [-0.2, -0.15) is 0 Å². The number of aromatic nitrogens is 3. The van der Waals surface area contributed by atoms with Crippen LogP contribution in [0.2, 0.25) is 0 Å². The van der Waals surface area contributed by atoms with Crippen LogP contribution in [0.25, 0.3) is 0 Å². The molecule has 0 bridgehead atoms. The SMILES string of the molecule is Cc1nc(Cc2nnc(SCC(=O)N3CCOC(C)C3)o2)cs1. The number of hydrogen-bond donors (Lipinski definition) is 0. The van der Waals surface area contributed by atoms with Gasteiger partial charge in [0.25, 0.3) is 5.22 Å². The van der Waals surface area contributed by atoms with E-state index in [2.05, 4.69) is 15.2 Å². The van der Waals surface area contributed by atoms with E-state index >= 15 is 0 Å². The molecule has 0 radical (unpaired) electrons. The molecule has 1 aliphatic heterocycles. The number of amides is 1. The molecule has 0 N–H and O–H groups in total. The van der Waals surface area contributed by atoms with Crippen LogP contribution in [0, 0.1) is 6.92 Å². The average Bonchev–Trinajstić information content (AvgIpc) is 3.14. The van der Waals surface area contributed by atoms with Gasteiger partial charge >= 0.3 is 0 Å². The van der Waals surface area contributed by atoms with Crippen LogP contribution in [0.5, 0.6) is 0 Å². The summed E-state index contributed by atoms with van der Waals surface area (Å²) in [7, 11) is 0. The predicted octanol–water partition coefficient (Wildman–Crippen LogP) is 1.76. The van der Waals surface area contributed by atoms with Crippen molar-refractivity contribution in [2.45, 2.75) is 31.6 Å². The molecular formula is C14H18N4O3S2. The number of carbonyl (C=O) groups is 1. The molecule has 1 saturated heterocycles. The highest BCUT2D eigenvalue weighted by Crippen LogP contribution is 2.19. The van der Waals surface area contributed by atoms with Crippen LogP contribution in [0.3, 0.4) is 0 Å². The number of nitrogens with zero attached hydrogens (tertiary/aromatic N) is 4. The van der Waals surface area contributed by atoms with Crippen molar-refractivity contribution in [3.8, 4) is 0 Å². The summed E-state index contributed by atoms with van der Waals surface area (Å²) in [5, 5.41) is 11.4. The second-order valence-corrected chi connectivity index (χ2v) is 7.30. The highest BCUT2D eigenvalue weighted by Gasteiger charge is 2.22. The number of morpholine rings is 1. The standard InChI is InChI=1S/C14H18N4O3S2/c1-9-6-18(3-4-20-9)13(19)8-23-14-17-16-12(21-14)5-11-7-22-10(2)15-11/h7,9H,3-6,8H2,1-2H3. The highest BCUT2D eigenvalue weighted by atomic mass is 32.2. The van der Waals surface area contributed by atoms with E-state index in [1.165, 1.54) is 11.8 Å². The topological polar surface area (TPSA) is 81.4 Å². The Morgan fingerprint density at radius 1 is 1.52 bits per heavy atom. The summed E-state index contributed by atoms with van der Waals surface area (Å²) < 4.78 is 11.0. The molecule has 3 rings (SSSR count). The monoisotopic (exact) mass is 354 g/mol. The van der Waals surface area contributed by atoms with Gasteiger partial charge in [0.1, 0.15) is 0 Å². The van der Waals surface area contributed by atoms with Crippen LogP contribution in [0.1, 0.15) is 23.5 Å². The summed E-state index contributed by atoms with van der Waals surface area (Å²) in [4.78, 5) is 18.4. The van der Waals surface area contributed by atoms with E-state index < -0.39 is 0 Å². The van der Waals surface area contributed by atoms with Crippen molar-refractivity contribution in [3.63, 3.8) is 0 Å². The van der Waals surface area contributed by atoms with Crippen molar-refractivity contribution in [1.29, 1.82) is 0 Å². The minimum absolute atomic E-state index is 0.0695. The first-order valence-electron chi connectivity index (χ1n) is 7.35. The molecular weight excluding hydrogens is 336 g/mol. The predicted molar refractivity (Wildman–Crippen MR) is 86.7 cm³/mol. The van der Waals surface area contributed by atoms with Gasteiger partial charge in [-0.15, -0.1) is 21.5 Å². The molecule has 23 heavy (non-hydrogen) atoms. The van der Waals surface area contributed by atoms with Gasteiger partial charge in [0, 0.05) is 18.5 Å². The fourth-order valence-corrected chi connectivity index (χ4v) is 3.57. The van der Waals surface area contributed by atoms with E-state index in [9.17, 15) is 4.79 Å². The third kappa shape index (κ3) is 4.52. The summed E-state index contributed by atoms with van der Waals surface area (Å²) in [5.74, 6) is 0.884. The minimum Gasteiger partial charge on any atom is -0.416 e. The number of thiazole rings is 1. The zero-order valence-electron chi connectivity index (χ0n) is 13.0. The Bertz CT molecular complexity index is 673. The lowest BCUT2D eigenvalue weighted by Crippen LogP contribution is -2.45. The summed E-state index contributed by atoms with van der Waals surface area (Å²) >= 11 is 2.86. The first-order valence-corrected chi connectivity index (χ1v) is 9.22. The Hall–Kier alpha value is -1.45. The van der Waals surface area contributed by atoms with Crippen molar-refractivity contribution < 1.29 is 13.9 Å². The van der Waals surface area contributed by atoms with Gasteiger partial charge in [-0.05, 0) is 13.8 Å². The van der Waals surface area contributed by atoms with Crippen molar-refractivity contribution in [1.82, 2.24) is 20.1 Å². The molecule has 9 heteroatoms. The number of aryl methyl sites for hydroxylation is 1. The maximum absolute atomic E-state index is 12.2. The fourth-order valence-electron chi connectivity index (χ4n) is 2.27. The van der Waals surface area contributed by atoms with Crippen molar-refractivity contribution in [2.75, 3.05) is 25.4 Å². The van der Waals surface area contributed by atoms with Crippen LogP contribution in [0.15, 0.2) is 15.0 Å². The number of thioether (sulfide) groups is 1. The molecule has 1 amide bonds. The molecule has 7 nitrogen and oxygen atoms in total. The van der Waals surface area contributed by atoms with Crippen molar-refractivity contribution in [2.24, 2.45) is 0 Å². The second-order valence-electron chi connectivity index (χ2n) is 5.31. The maximum atomic E-state index is 12.2. The molecule has 0 aromatic carbocycles. The third-order valence-corrected chi connectivity index (χ3v) is 4.99. The van der Waals surface area contributed by atoms with E-state index in [0.717, 1.165) is 10.7 Å². The van der Waals surface area contributed by atoms with E-state index in [1.807, 2.05) is 24.1 Å². The smallest absolute Gasteiger partial charge is 0.277 e. The van der Waals surface area contributed by atoms with Crippen LogP contribution < -0.4 is 0 Å². The molecule has 1 fully saturated rings. The molecule has 0 saturated carbocycles. The van der Waals surface area contributed by atoms with Gasteiger partial charge in [-0.25, -0.2) is 4.98 Å². The van der Waals surface area contributed by atoms with Crippen molar-refractivity contribution in [3.05, 3.63) is 22.0 Å². The summed E-state index contributed by atoms with van der Waals surface area (Å²) in [6.07, 6.45) is 0.613. The molecule has 0 aliphatic carbocycles. The summed E-state index contributed by atoms with van der Waals surface area (Å²) in [6, 6.07) is 0. The van der Waals surface area contributed by atoms with Crippen molar-refractivity contribution >= 4 is 29.0 Å². The van der Waals surface area contributed by atoms with Gasteiger partial charge in [0.05, 0.1) is 35.6 Å². The largest absolute Gasteiger partial charge is 0.416 e. The Balaban J connectivity index is 1.50. The van der Waals surface area contributed by atoms with Gasteiger partial charge < -0.3 is 14.1 Å². The van der Waals surface area contributed by atoms with Crippen LogP contribution in [-0.4, -0.2) is 57.5 Å².